The summed E-state index contributed by atoms with van der Waals surface area (Å²) in [6.07, 6.45) is 1.69. The zero-order chi connectivity index (χ0) is 16.2. The highest BCUT2D eigenvalue weighted by atomic mass is 32.1. The molecule has 1 N–H and O–H groups in total. The number of benzene rings is 2. The van der Waals surface area contributed by atoms with E-state index in [0.717, 1.165) is 22.3 Å². The largest absolute Gasteiger partial charge is 0.493 e. The monoisotopic (exact) mass is 328 g/mol. The van der Waals surface area contributed by atoms with E-state index in [9.17, 15) is 0 Å². The van der Waals surface area contributed by atoms with E-state index in [4.69, 9.17) is 13.7 Å². The van der Waals surface area contributed by atoms with E-state index in [-0.39, 0.29) is 0 Å². The van der Waals surface area contributed by atoms with Crippen LogP contribution in [0.5, 0.6) is 23.0 Å². The molecule has 3 aromatic rings. The fourth-order valence-electron chi connectivity index (χ4n) is 2.26. The van der Waals surface area contributed by atoms with E-state index in [2.05, 4.69) is 23.2 Å². The lowest BCUT2D eigenvalue weighted by Gasteiger charge is -2.12. The molecule has 23 heavy (non-hydrogen) atoms. The van der Waals surface area contributed by atoms with Gasteiger partial charge in [0.05, 0.1) is 12.6 Å². The molecular weight excluding hydrogens is 312 g/mol. The van der Waals surface area contributed by atoms with Crippen LogP contribution in [0.3, 0.4) is 0 Å². The smallest absolute Gasteiger partial charge is 0.179 e. The molecule has 118 valence electrons. The summed E-state index contributed by atoms with van der Waals surface area (Å²) < 4.78 is 16.3. The highest BCUT2D eigenvalue weighted by Crippen LogP contribution is 2.37. The third-order valence-corrected chi connectivity index (χ3v) is 3.65. The molecule has 0 aliphatic rings. The lowest BCUT2D eigenvalue weighted by Crippen LogP contribution is -1.92. The van der Waals surface area contributed by atoms with Crippen molar-refractivity contribution in [1.82, 2.24) is 4.98 Å². The van der Waals surface area contributed by atoms with E-state index in [1.807, 2.05) is 37.4 Å². The summed E-state index contributed by atoms with van der Waals surface area (Å²) in [5, 5.41) is 3.89. The van der Waals surface area contributed by atoms with E-state index in [0.29, 0.717) is 17.2 Å². The molecule has 0 unspecified atom stereocenters. The number of rotatable bonds is 5. The molecule has 0 saturated heterocycles. The lowest BCUT2D eigenvalue weighted by molar-refractivity contribution is 0.400. The van der Waals surface area contributed by atoms with Gasteiger partial charge in [0.15, 0.2) is 11.5 Å². The highest BCUT2D eigenvalue weighted by Gasteiger charge is 2.11. The standard InChI is InChI=1S/C17H16N2O3S/c1-18-11-3-5-12(6-4-11)21-15-7-8-19-14-10-16(20-2)17(22-23)9-13(14)15/h3-10,18,23H,1-2H3. The van der Waals surface area contributed by atoms with Crippen LogP contribution in [-0.2, 0) is 0 Å². The van der Waals surface area contributed by atoms with Crippen LogP contribution in [0.4, 0.5) is 5.69 Å². The summed E-state index contributed by atoms with van der Waals surface area (Å²) in [6.45, 7) is 0. The Balaban J connectivity index is 2.02. The Morgan fingerprint density at radius 1 is 1.00 bits per heavy atom. The van der Waals surface area contributed by atoms with Crippen molar-refractivity contribution in [2.75, 3.05) is 19.5 Å². The van der Waals surface area contributed by atoms with Crippen LogP contribution in [-0.4, -0.2) is 19.1 Å². The van der Waals surface area contributed by atoms with Crippen molar-refractivity contribution >= 4 is 29.5 Å². The zero-order valence-corrected chi connectivity index (χ0v) is 13.6. The molecule has 0 bridgehead atoms. The summed E-state index contributed by atoms with van der Waals surface area (Å²) in [4.78, 5) is 4.34. The predicted molar refractivity (Wildman–Crippen MR) is 94.0 cm³/mol. The molecule has 2 aromatic carbocycles. The number of methoxy groups -OCH3 is 1. The van der Waals surface area contributed by atoms with Crippen molar-refractivity contribution in [2.45, 2.75) is 0 Å². The number of pyridine rings is 1. The van der Waals surface area contributed by atoms with Gasteiger partial charge < -0.3 is 19.0 Å². The number of ether oxygens (including phenoxy) is 2. The van der Waals surface area contributed by atoms with Gasteiger partial charge in [-0.3, -0.25) is 4.98 Å². The number of nitrogens with one attached hydrogen (secondary N) is 1. The van der Waals surface area contributed by atoms with E-state index >= 15 is 0 Å². The molecule has 0 amide bonds. The van der Waals surface area contributed by atoms with E-state index in [1.54, 1.807) is 25.4 Å². The zero-order valence-electron chi connectivity index (χ0n) is 12.7. The van der Waals surface area contributed by atoms with Gasteiger partial charge in [0.2, 0.25) is 0 Å². The first-order valence-electron chi connectivity index (χ1n) is 6.99. The molecule has 0 fully saturated rings. The first kappa shape index (κ1) is 15.3. The minimum Gasteiger partial charge on any atom is -0.493 e. The average molecular weight is 328 g/mol. The van der Waals surface area contributed by atoms with Crippen molar-refractivity contribution in [3.8, 4) is 23.0 Å². The second-order valence-corrected chi connectivity index (χ2v) is 4.98. The molecule has 0 radical (unpaired) electrons. The molecule has 6 heteroatoms. The number of hydrogen-bond donors (Lipinski definition) is 2. The van der Waals surface area contributed by atoms with Crippen molar-refractivity contribution < 1.29 is 13.7 Å². The van der Waals surface area contributed by atoms with Gasteiger partial charge in [-0.25, -0.2) is 0 Å². The number of hydrogen-bond acceptors (Lipinski definition) is 6. The minimum atomic E-state index is 0.506. The van der Waals surface area contributed by atoms with Gasteiger partial charge in [-0.05, 0) is 36.4 Å². The van der Waals surface area contributed by atoms with Crippen LogP contribution >= 0.6 is 12.9 Å². The fourth-order valence-corrected chi connectivity index (χ4v) is 2.41. The second-order valence-electron chi connectivity index (χ2n) is 4.80. The normalized spacial score (nSPS) is 10.4. The van der Waals surface area contributed by atoms with Crippen molar-refractivity contribution in [2.24, 2.45) is 0 Å². The van der Waals surface area contributed by atoms with Gasteiger partial charge in [0.25, 0.3) is 0 Å². The SMILES string of the molecule is CNc1ccc(Oc2ccnc3cc(OC)c(OS)cc23)cc1. The van der Waals surface area contributed by atoms with E-state index in [1.165, 1.54) is 0 Å². The van der Waals surface area contributed by atoms with Gasteiger partial charge in [0.1, 0.15) is 11.5 Å². The Morgan fingerprint density at radius 3 is 2.43 bits per heavy atom. The third-order valence-electron chi connectivity index (χ3n) is 3.46. The highest BCUT2D eigenvalue weighted by molar-refractivity contribution is 7.75. The Kier molecular flexibility index (Phi) is 4.43. The van der Waals surface area contributed by atoms with Gasteiger partial charge in [-0.2, -0.15) is 0 Å². The molecular formula is C17H16N2O3S. The average Bonchev–Trinajstić information content (AvgIpc) is 2.61. The third kappa shape index (κ3) is 3.12. The molecule has 0 aliphatic heterocycles. The maximum Gasteiger partial charge on any atom is 0.179 e. The van der Waals surface area contributed by atoms with Crippen LogP contribution in [0.2, 0.25) is 0 Å². The topological polar surface area (TPSA) is 52.6 Å². The number of anilines is 1. The van der Waals surface area contributed by atoms with E-state index < -0.39 is 0 Å². The lowest BCUT2D eigenvalue weighted by atomic mass is 10.2. The summed E-state index contributed by atoms with van der Waals surface area (Å²) in [5.41, 5.74) is 1.77. The Hall–Kier alpha value is -2.60. The maximum atomic E-state index is 5.98. The molecule has 5 nitrogen and oxygen atoms in total. The number of thiol groups is 1. The predicted octanol–water partition coefficient (Wildman–Crippen LogP) is 4.30. The minimum absolute atomic E-state index is 0.506. The van der Waals surface area contributed by atoms with Crippen LogP contribution in [0.25, 0.3) is 10.9 Å². The van der Waals surface area contributed by atoms with Crippen LogP contribution in [0.1, 0.15) is 0 Å². The van der Waals surface area contributed by atoms with Crippen molar-refractivity contribution in [1.29, 1.82) is 0 Å². The van der Waals surface area contributed by atoms with Gasteiger partial charge in [-0.1, -0.05) is 0 Å². The molecule has 0 spiro atoms. The Bertz CT molecular complexity index is 822. The summed E-state index contributed by atoms with van der Waals surface area (Å²) in [7, 11) is 3.44. The van der Waals surface area contributed by atoms with Crippen LogP contribution in [0.15, 0.2) is 48.7 Å². The van der Waals surface area contributed by atoms with Crippen molar-refractivity contribution in [3.05, 3.63) is 48.7 Å². The first-order chi connectivity index (χ1) is 11.2. The van der Waals surface area contributed by atoms with Gasteiger partial charge >= 0.3 is 0 Å². The number of fused-ring (bicyclic) bond motifs is 1. The number of aromatic nitrogens is 1. The maximum absolute atomic E-state index is 5.98. The van der Waals surface area contributed by atoms with Crippen LogP contribution in [0, 0.1) is 0 Å². The van der Waals surface area contributed by atoms with Gasteiger partial charge in [-0.15, -0.1) is 0 Å². The van der Waals surface area contributed by atoms with Crippen molar-refractivity contribution in [3.63, 3.8) is 0 Å². The van der Waals surface area contributed by atoms with Gasteiger partial charge in [0, 0.05) is 43.3 Å². The molecule has 0 atom stereocenters. The fraction of sp³-hybridized carbons (Fsp3) is 0.118. The van der Waals surface area contributed by atoms with Crippen LogP contribution < -0.4 is 19.0 Å². The molecule has 0 aliphatic carbocycles. The summed E-state index contributed by atoms with van der Waals surface area (Å²) >= 11 is 3.87. The molecule has 0 saturated carbocycles. The quantitative estimate of drug-likeness (QED) is 0.540. The summed E-state index contributed by atoms with van der Waals surface area (Å²) in [5.74, 6) is 2.49. The number of nitrogens with zero attached hydrogens (tertiary/aromatic N) is 1. The summed E-state index contributed by atoms with van der Waals surface area (Å²) in [6, 6.07) is 13.1. The molecule has 1 heterocycles. The Morgan fingerprint density at radius 2 is 1.78 bits per heavy atom. The first-order valence-corrected chi connectivity index (χ1v) is 7.35. The molecule has 1 aromatic heterocycles. The Labute approximate surface area is 139 Å². The second kappa shape index (κ2) is 6.66. The molecule has 3 rings (SSSR count).